The van der Waals surface area contributed by atoms with Gasteiger partial charge >= 0.3 is 0 Å². The molecule has 0 saturated carbocycles. The molecule has 5 heteroatoms. The molecule has 4 N–H and O–H groups in total. The highest BCUT2D eigenvalue weighted by molar-refractivity contribution is 6.30. The Morgan fingerprint density at radius 3 is 2.88 bits per heavy atom. The first-order chi connectivity index (χ1) is 7.50. The second-order valence-corrected chi connectivity index (χ2v) is 4.12. The van der Waals surface area contributed by atoms with Crippen molar-refractivity contribution in [2.24, 2.45) is 5.73 Å². The lowest BCUT2D eigenvalue weighted by Crippen LogP contribution is -2.28. The van der Waals surface area contributed by atoms with Gasteiger partial charge in [0.05, 0.1) is 5.56 Å². The van der Waals surface area contributed by atoms with Crippen molar-refractivity contribution >= 4 is 17.5 Å². The molecule has 0 aliphatic rings. The van der Waals surface area contributed by atoms with Crippen molar-refractivity contribution < 1.29 is 9.90 Å². The topological polar surface area (TPSA) is 75.3 Å². The minimum atomic E-state index is -0.324. The Morgan fingerprint density at radius 1 is 1.62 bits per heavy atom. The van der Waals surface area contributed by atoms with Crippen molar-refractivity contribution in [2.75, 3.05) is 6.54 Å². The Bertz CT molecular complexity index is 380. The molecule has 1 atom stereocenters. The van der Waals surface area contributed by atoms with E-state index in [0.717, 1.165) is 0 Å². The number of nitrogens with two attached hydrogens (primary N) is 1. The maximum Gasteiger partial charge on any atom is 0.255 e. The number of benzene rings is 1. The Labute approximate surface area is 99.4 Å². The minimum absolute atomic E-state index is 0.0408. The van der Waals surface area contributed by atoms with Crippen LogP contribution in [0.4, 0.5) is 0 Å². The normalized spacial score (nSPS) is 12.2. The second kappa shape index (κ2) is 5.72. The monoisotopic (exact) mass is 242 g/mol. The van der Waals surface area contributed by atoms with E-state index in [2.05, 4.69) is 5.32 Å². The summed E-state index contributed by atoms with van der Waals surface area (Å²) in [7, 11) is 0. The molecule has 0 fully saturated rings. The molecule has 0 aromatic heterocycles. The summed E-state index contributed by atoms with van der Waals surface area (Å²) >= 11 is 5.66. The van der Waals surface area contributed by atoms with Crippen molar-refractivity contribution in [1.29, 1.82) is 0 Å². The molecule has 4 nitrogen and oxygen atoms in total. The first-order valence-electron chi connectivity index (χ1n) is 5.03. The van der Waals surface area contributed by atoms with Gasteiger partial charge in [-0.05, 0) is 31.5 Å². The van der Waals surface area contributed by atoms with Crippen LogP contribution in [0.25, 0.3) is 0 Å². The minimum Gasteiger partial charge on any atom is -0.507 e. The van der Waals surface area contributed by atoms with E-state index < -0.39 is 0 Å². The van der Waals surface area contributed by atoms with Crippen molar-refractivity contribution in [3.05, 3.63) is 28.8 Å². The first-order valence-corrected chi connectivity index (χ1v) is 5.41. The molecule has 0 aliphatic heterocycles. The average Bonchev–Trinajstić information content (AvgIpc) is 2.16. The third kappa shape index (κ3) is 3.72. The molecule has 0 bridgehead atoms. The van der Waals surface area contributed by atoms with Gasteiger partial charge in [0.1, 0.15) is 5.75 Å². The molecular formula is C11H15ClN2O2. The van der Waals surface area contributed by atoms with E-state index >= 15 is 0 Å². The predicted octanol–water partition coefficient (Wildman–Crippen LogP) is 1.51. The molecule has 1 aromatic rings. The number of hydrogen-bond acceptors (Lipinski definition) is 3. The fraction of sp³-hybridized carbons (Fsp3) is 0.364. The third-order valence-corrected chi connectivity index (χ3v) is 2.32. The lowest BCUT2D eigenvalue weighted by atomic mass is 10.2. The number of carbonyl (C=O) groups is 1. The van der Waals surface area contributed by atoms with Gasteiger partial charge in [-0.15, -0.1) is 0 Å². The molecule has 1 unspecified atom stereocenters. The number of carbonyl (C=O) groups excluding carboxylic acids is 1. The van der Waals surface area contributed by atoms with Crippen LogP contribution in [0, 0.1) is 0 Å². The Morgan fingerprint density at radius 2 is 2.31 bits per heavy atom. The van der Waals surface area contributed by atoms with E-state index in [1.165, 1.54) is 12.1 Å². The number of nitrogens with one attached hydrogen (secondary N) is 1. The van der Waals surface area contributed by atoms with Gasteiger partial charge in [0, 0.05) is 17.6 Å². The van der Waals surface area contributed by atoms with Crippen LogP contribution in [0.5, 0.6) is 5.75 Å². The lowest BCUT2D eigenvalue weighted by molar-refractivity contribution is 0.0950. The number of amides is 1. The summed E-state index contributed by atoms with van der Waals surface area (Å²) < 4.78 is 0. The Hall–Kier alpha value is -1.26. The number of aromatic hydroxyl groups is 1. The third-order valence-electron chi connectivity index (χ3n) is 2.09. The van der Waals surface area contributed by atoms with E-state index in [9.17, 15) is 9.90 Å². The van der Waals surface area contributed by atoms with Crippen LogP contribution in [-0.2, 0) is 0 Å². The average molecular weight is 243 g/mol. The quantitative estimate of drug-likeness (QED) is 0.749. The van der Waals surface area contributed by atoms with E-state index in [4.69, 9.17) is 17.3 Å². The van der Waals surface area contributed by atoms with Crippen LogP contribution in [0.2, 0.25) is 5.02 Å². The highest BCUT2D eigenvalue weighted by atomic mass is 35.5. The van der Waals surface area contributed by atoms with Crippen molar-refractivity contribution in [3.8, 4) is 5.75 Å². The first kappa shape index (κ1) is 12.8. The zero-order valence-corrected chi connectivity index (χ0v) is 9.79. The second-order valence-electron chi connectivity index (χ2n) is 3.68. The van der Waals surface area contributed by atoms with Crippen LogP contribution in [0.15, 0.2) is 18.2 Å². The summed E-state index contributed by atoms with van der Waals surface area (Å²) in [6.45, 7) is 2.35. The lowest BCUT2D eigenvalue weighted by Gasteiger charge is -2.08. The highest BCUT2D eigenvalue weighted by Gasteiger charge is 2.10. The molecule has 88 valence electrons. The van der Waals surface area contributed by atoms with Gasteiger partial charge in [-0.25, -0.2) is 0 Å². The maximum atomic E-state index is 11.6. The molecule has 0 spiro atoms. The number of hydrogen-bond donors (Lipinski definition) is 3. The molecule has 0 heterocycles. The number of halogens is 1. The standard InChI is InChI=1S/C11H15ClN2O2/c1-7(13)4-5-14-11(16)9-3-2-8(12)6-10(9)15/h2-3,6-7,15H,4-5,13H2,1H3,(H,14,16). The van der Waals surface area contributed by atoms with Gasteiger partial charge in [-0.1, -0.05) is 11.6 Å². The van der Waals surface area contributed by atoms with Gasteiger partial charge in [-0.2, -0.15) is 0 Å². The van der Waals surface area contributed by atoms with Gasteiger partial charge < -0.3 is 16.2 Å². The number of phenols is 1. The van der Waals surface area contributed by atoms with E-state index in [1.54, 1.807) is 6.07 Å². The van der Waals surface area contributed by atoms with Gasteiger partial charge in [0.2, 0.25) is 0 Å². The van der Waals surface area contributed by atoms with Crippen LogP contribution in [-0.4, -0.2) is 23.6 Å². The van der Waals surface area contributed by atoms with Crippen LogP contribution in [0.3, 0.4) is 0 Å². The van der Waals surface area contributed by atoms with Gasteiger partial charge in [-0.3, -0.25) is 4.79 Å². The number of rotatable bonds is 4. The molecule has 0 radical (unpaired) electrons. The smallest absolute Gasteiger partial charge is 0.255 e. The Balaban J connectivity index is 2.59. The van der Waals surface area contributed by atoms with Crippen LogP contribution >= 0.6 is 11.6 Å². The molecule has 1 rings (SSSR count). The maximum absolute atomic E-state index is 11.6. The summed E-state index contributed by atoms with van der Waals surface area (Å²) in [6, 6.07) is 4.42. The summed E-state index contributed by atoms with van der Waals surface area (Å²) in [4.78, 5) is 11.6. The van der Waals surface area contributed by atoms with E-state index in [1.807, 2.05) is 6.92 Å². The van der Waals surface area contributed by atoms with Gasteiger partial charge in [0.15, 0.2) is 0 Å². The van der Waals surface area contributed by atoms with Crippen LogP contribution in [0.1, 0.15) is 23.7 Å². The van der Waals surface area contributed by atoms with Crippen LogP contribution < -0.4 is 11.1 Å². The zero-order chi connectivity index (χ0) is 12.1. The van der Waals surface area contributed by atoms with E-state index in [-0.39, 0.29) is 23.3 Å². The largest absolute Gasteiger partial charge is 0.507 e. The molecule has 16 heavy (non-hydrogen) atoms. The van der Waals surface area contributed by atoms with E-state index in [0.29, 0.717) is 18.0 Å². The molecule has 1 amide bonds. The summed E-state index contributed by atoms with van der Waals surface area (Å²) in [6.07, 6.45) is 0.695. The van der Waals surface area contributed by atoms with Crippen molar-refractivity contribution in [1.82, 2.24) is 5.32 Å². The zero-order valence-electron chi connectivity index (χ0n) is 9.03. The predicted molar refractivity (Wildman–Crippen MR) is 63.7 cm³/mol. The van der Waals surface area contributed by atoms with Gasteiger partial charge in [0.25, 0.3) is 5.91 Å². The molecule has 1 aromatic carbocycles. The summed E-state index contributed by atoms with van der Waals surface area (Å²) in [5.74, 6) is -0.444. The number of phenolic OH excluding ortho intramolecular Hbond substituents is 1. The highest BCUT2D eigenvalue weighted by Crippen LogP contribution is 2.21. The SMILES string of the molecule is CC(N)CCNC(=O)c1ccc(Cl)cc1O. The Kier molecular flexibility index (Phi) is 4.58. The molecule has 0 aliphatic carbocycles. The van der Waals surface area contributed by atoms with Crippen molar-refractivity contribution in [3.63, 3.8) is 0 Å². The van der Waals surface area contributed by atoms with Crippen molar-refractivity contribution in [2.45, 2.75) is 19.4 Å². The fourth-order valence-corrected chi connectivity index (χ4v) is 1.37. The molecular weight excluding hydrogens is 228 g/mol. The fourth-order valence-electron chi connectivity index (χ4n) is 1.21. The summed E-state index contributed by atoms with van der Waals surface area (Å²) in [5.41, 5.74) is 5.77. The molecule has 0 saturated heterocycles. The summed E-state index contributed by atoms with van der Waals surface area (Å²) in [5, 5.41) is 12.6.